The number of likely N-dealkylation sites (N-methyl/N-ethyl adjacent to an activating group) is 1. The van der Waals surface area contributed by atoms with Crippen molar-refractivity contribution >= 4 is 22.0 Å². The van der Waals surface area contributed by atoms with Crippen molar-refractivity contribution in [2.75, 3.05) is 20.6 Å². The van der Waals surface area contributed by atoms with Gasteiger partial charge in [-0.3, -0.25) is 0 Å². The maximum Gasteiger partial charge on any atom is 0.0247 e. The lowest BCUT2D eigenvalue weighted by molar-refractivity contribution is 0.457. The Morgan fingerprint density at radius 1 is 1.31 bits per heavy atom. The molecule has 0 aliphatic heterocycles. The van der Waals surface area contributed by atoms with Crippen molar-refractivity contribution in [2.24, 2.45) is 0 Å². The van der Waals surface area contributed by atoms with Crippen molar-refractivity contribution in [3.8, 4) is 0 Å². The summed E-state index contributed by atoms with van der Waals surface area (Å²) in [7, 11) is 4.12. The predicted molar refractivity (Wildman–Crippen MR) is 61.7 cm³/mol. The van der Waals surface area contributed by atoms with Crippen molar-refractivity contribution in [1.29, 1.82) is 0 Å². The molecule has 1 rings (SSSR count). The van der Waals surface area contributed by atoms with Gasteiger partial charge in [-0.1, -0.05) is 46.3 Å². The van der Waals surface area contributed by atoms with Gasteiger partial charge in [-0.2, -0.15) is 0 Å². The molecule has 70 valence electrons. The first-order valence-electron chi connectivity index (χ1n) is 4.26. The minimum absolute atomic E-state index is 0.974. The van der Waals surface area contributed by atoms with E-state index in [1.54, 1.807) is 0 Å². The van der Waals surface area contributed by atoms with E-state index in [1.165, 1.54) is 5.56 Å². The molecule has 0 aromatic heterocycles. The van der Waals surface area contributed by atoms with Gasteiger partial charge in [0.2, 0.25) is 0 Å². The third-order valence-electron chi connectivity index (χ3n) is 1.67. The summed E-state index contributed by atoms with van der Waals surface area (Å²) in [6, 6.07) is 8.21. The van der Waals surface area contributed by atoms with Gasteiger partial charge in [-0.25, -0.2) is 0 Å². The third kappa shape index (κ3) is 3.75. The average molecular weight is 240 g/mol. The van der Waals surface area contributed by atoms with Crippen LogP contribution in [0.3, 0.4) is 0 Å². The molecule has 1 aromatic carbocycles. The molecular weight excluding hydrogens is 226 g/mol. The molecule has 0 N–H and O–H groups in total. The fourth-order valence-electron chi connectivity index (χ4n) is 1.00. The first-order valence-corrected chi connectivity index (χ1v) is 5.05. The van der Waals surface area contributed by atoms with E-state index in [0.29, 0.717) is 0 Å². The Hall–Kier alpha value is -0.600. The largest absolute Gasteiger partial charge is 0.306 e. The monoisotopic (exact) mass is 239 g/mol. The maximum absolute atomic E-state index is 3.50. The van der Waals surface area contributed by atoms with E-state index < -0.39 is 0 Å². The molecule has 0 bridgehead atoms. The Labute approximate surface area is 88.2 Å². The molecule has 2 heteroatoms. The van der Waals surface area contributed by atoms with Crippen LogP contribution in [0.1, 0.15) is 5.56 Å². The summed E-state index contributed by atoms with van der Waals surface area (Å²) in [5, 5.41) is 0. The Balaban J connectivity index is 2.63. The highest BCUT2D eigenvalue weighted by Crippen LogP contribution is 2.16. The molecule has 0 fully saturated rings. The van der Waals surface area contributed by atoms with E-state index in [-0.39, 0.29) is 0 Å². The van der Waals surface area contributed by atoms with Crippen LogP contribution in [0.4, 0.5) is 0 Å². The molecule has 0 radical (unpaired) electrons. The van der Waals surface area contributed by atoms with Crippen LogP contribution >= 0.6 is 15.9 Å². The van der Waals surface area contributed by atoms with Crippen LogP contribution in [0.5, 0.6) is 0 Å². The first kappa shape index (κ1) is 10.5. The van der Waals surface area contributed by atoms with Gasteiger partial charge in [0, 0.05) is 11.0 Å². The molecular formula is C11H14BrN. The van der Waals surface area contributed by atoms with E-state index >= 15 is 0 Å². The maximum atomic E-state index is 3.50. The van der Waals surface area contributed by atoms with Gasteiger partial charge in [0.25, 0.3) is 0 Å². The van der Waals surface area contributed by atoms with Gasteiger partial charge < -0.3 is 4.90 Å². The third-order valence-corrected chi connectivity index (χ3v) is 2.40. The number of halogens is 1. The van der Waals surface area contributed by atoms with Crippen LogP contribution in [-0.4, -0.2) is 25.5 Å². The summed E-state index contributed by atoms with van der Waals surface area (Å²) in [6.45, 7) is 0.974. The van der Waals surface area contributed by atoms with Gasteiger partial charge in [-0.05, 0) is 25.7 Å². The molecule has 0 saturated carbocycles. The summed E-state index contributed by atoms with van der Waals surface area (Å²) in [5.74, 6) is 0. The standard InChI is InChI=1S/C11H14BrN/c1-13(2)9-5-7-10-6-3-4-8-11(10)12/h3-8H,9H2,1-2H3/b7-5+. The average Bonchev–Trinajstić information content (AvgIpc) is 2.08. The van der Waals surface area contributed by atoms with E-state index in [2.05, 4.69) is 59.2 Å². The molecule has 13 heavy (non-hydrogen) atoms. The Bertz CT molecular complexity index is 292. The molecule has 1 aromatic rings. The number of hydrogen-bond donors (Lipinski definition) is 0. The van der Waals surface area contributed by atoms with Crippen molar-refractivity contribution in [2.45, 2.75) is 0 Å². The minimum Gasteiger partial charge on any atom is -0.306 e. The summed E-state index contributed by atoms with van der Waals surface area (Å²) in [5.41, 5.74) is 1.23. The van der Waals surface area contributed by atoms with E-state index in [1.807, 2.05) is 12.1 Å². The summed E-state index contributed by atoms with van der Waals surface area (Å²) >= 11 is 3.50. The minimum atomic E-state index is 0.974. The van der Waals surface area contributed by atoms with Gasteiger partial charge in [0.1, 0.15) is 0 Å². The predicted octanol–water partition coefficient (Wildman–Crippen LogP) is 3.02. The van der Waals surface area contributed by atoms with Crippen LogP contribution in [0.2, 0.25) is 0 Å². The number of nitrogens with zero attached hydrogens (tertiary/aromatic N) is 1. The number of benzene rings is 1. The Kier molecular flexibility index (Phi) is 4.19. The molecule has 1 nitrogen and oxygen atoms in total. The Morgan fingerprint density at radius 3 is 2.62 bits per heavy atom. The molecule has 0 saturated heterocycles. The fourth-order valence-corrected chi connectivity index (χ4v) is 1.42. The highest BCUT2D eigenvalue weighted by atomic mass is 79.9. The van der Waals surface area contributed by atoms with Gasteiger partial charge in [-0.15, -0.1) is 0 Å². The second-order valence-electron chi connectivity index (χ2n) is 3.19. The van der Waals surface area contributed by atoms with Gasteiger partial charge in [0.05, 0.1) is 0 Å². The lowest BCUT2D eigenvalue weighted by Crippen LogP contribution is -2.10. The van der Waals surface area contributed by atoms with E-state index in [0.717, 1.165) is 11.0 Å². The molecule has 0 aliphatic rings. The zero-order valence-corrected chi connectivity index (χ0v) is 9.58. The lowest BCUT2D eigenvalue weighted by atomic mass is 10.2. The van der Waals surface area contributed by atoms with Crippen LogP contribution in [0, 0.1) is 0 Å². The first-order chi connectivity index (χ1) is 6.20. The Morgan fingerprint density at radius 2 is 2.00 bits per heavy atom. The quantitative estimate of drug-likeness (QED) is 0.784. The molecule has 0 heterocycles. The van der Waals surface area contributed by atoms with Crippen molar-refractivity contribution in [1.82, 2.24) is 4.90 Å². The van der Waals surface area contributed by atoms with Crippen molar-refractivity contribution in [3.63, 3.8) is 0 Å². The van der Waals surface area contributed by atoms with Crippen LogP contribution in [-0.2, 0) is 0 Å². The van der Waals surface area contributed by atoms with Crippen LogP contribution in [0.25, 0.3) is 6.08 Å². The molecule has 0 amide bonds. The molecule has 0 atom stereocenters. The summed E-state index contributed by atoms with van der Waals surface area (Å²) in [4.78, 5) is 2.13. The van der Waals surface area contributed by atoms with Crippen molar-refractivity contribution in [3.05, 3.63) is 40.4 Å². The van der Waals surface area contributed by atoms with Crippen LogP contribution in [0.15, 0.2) is 34.8 Å². The molecule has 0 aliphatic carbocycles. The highest BCUT2D eigenvalue weighted by molar-refractivity contribution is 9.10. The normalized spacial score (nSPS) is 11.4. The number of rotatable bonds is 3. The SMILES string of the molecule is CN(C)C/C=C/c1ccccc1Br. The number of hydrogen-bond acceptors (Lipinski definition) is 1. The van der Waals surface area contributed by atoms with Gasteiger partial charge >= 0.3 is 0 Å². The fraction of sp³-hybridized carbons (Fsp3) is 0.273. The second kappa shape index (κ2) is 5.20. The molecule has 0 spiro atoms. The van der Waals surface area contributed by atoms with Crippen molar-refractivity contribution < 1.29 is 0 Å². The van der Waals surface area contributed by atoms with E-state index in [9.17, 15) is 0 Å². The topological polar surface area (TPSA) is 3.24 Å². The second-order valence-corrected chi connectivity index (χ2v) is 4.04. The molecule has 0 unspecified atom stereocenters. The van der Waals surface area contributed by atoms with Crippen LogP contribution < -0.4 is 0 Å². The summed E-state index contributed by atoms with van der Waals surface area (Å²) < 4.78 is 1.14. The highest BCUT2D eigenvalue weighted by Gasteiger charge is 1.91. The summed E-state index contributed by atoms with van der Waals surface area (Å²) in [6.07, 6.45) is 4.28. The van der Waals surface area contributed by atoms with Gasteiger partial charge in [0.15, 0.2) is 0 Å². The van der Waals surface area contributed by atoms with E-state index in [4.69, 9.17) is 0 Å². The smallest absolute Gasteiger partial charge is 0.0247 e. The zero-order valence-electron chi connectivity index (χ0n) is 8.00. The lowest BCUT2D eigenvalue weighted by Gasteiger charge is -2.04. The zero-order chi connectivity index (χ0) is 9.68.